The normalized spacial score (nSPS) is 18.9. The fourth-order valence-corrected chi connectivity index (χ4v) is 2.39. The lowest BCUT2D eigenvalue weighted by Crippen LogP contribution is -2.20. The van der Waals surface area contributed by atoms with Gasteiger partial charge in [-0.1, -0.05) is 38.0 Å². The lowest BCUT2D eigenvalue weighted by Gasteiger charge is -2.27. The van der Waals surface area contributed by atoms with Gasteiger partial charge in [-0.05, 0) is 31.4 Å². The monoisotopic (exact) mass is 234 g/mol. The van der Waals surface area contributed by atoms with Gasteiger partial charge in [-0.15, -0.1) is 4.91 Å². The molecule has 1 aliphatic rings. The summed E-state index contributed by atoms with van der Waals surface area (Å²) in [6.45, 7) is 5.70. The van der Waals surface area contributed by atoms with E-state index < -0.39 is 0 Å². The topological polar surface area (TPSA) is 32.7 Å². The lowest BCUT2D eigenvalue weighted by atomic mass is 9.86. The minimum absolute atomic E-state index is 0.472. The van der Waals surface area contributed by atoms with Crippen molar-refractivity contribution in [3.05, 3.63) is 41.0 Å². The molecule has 0 bridgehead atoms. The van der Waals surface area contributed by atoms with Crippen molar-refractivity contribution >= 4 is 0 Å². The highest BCUT2D eigenvalue weighted by molar-refractivity contribution is 5.25. The van der Waals surface area contributed by atoms with Crippen LogP contribution in [-0.4, -0.2) is 12.1 Å². The molecule has 0 heterocycles. The van der Waals surface area contributed by atoms with Crippen LogP contribution in [0.5, 0.6) is 0 Å². The molecular weight excluding hydrogens is 212 g/mol. The van der Waals surface area contributed by atoms with E-state index in [1.807, 2.05) is 13.0 Å². The van der Waals surface area contributed by atoms with E-state index in [1.54, 1.807) is 13.1 Å². The average Bonchev–Trinajstić information content (AvgIpc) is 2.36. The molecule has 17 heavy (non-hydrogen) atoms. The van der Waals surface area contributed by atoms with Crippen LogP contribution < -0.4 is 0 Å². The van der Waals surface area contributed by atoms with E-state index in [-0.39, 0.29) is 0 Å². The largest absolute Gasteiger partial charge is 0.236 e. The van der Waals surface area contributed by atoms with Gasteiger partial charge >= 0.3 is 0 Å². The maximum Gasteiger partial charge on any atom is 0.0568 e. The molecular formula is C14H22N2O. The number of nitroso groups, excluding NO2 is 1. The molecule has 0 aromatic rings. The summed E-state index contributed by atoms with van der Waals surface area (Å²) < 4.78 is 0. The average molecular weight is 234 g/mol. The van der Waals surface area contributed by atoms with E-state index in [0.29, 0.717) is 5.92 Å². The van der Waals surface area contributed by atoms with E-state index in [2.05, 4.69) is 17.9 Å². The summed E-state index contributed by atoms with van der Waals surface area (Å²) in [5, 5.41) is 4.51. The summed E-state index contributed by atoms with van der Waals surface area (Å²) >= 11 is 0. The summed E-state index contributed by atoms with van der Waals surface area (Å²) in [5.74, 6) is 0.472. The van der Waals surface area contributed by atoms with Crippen LogP contribution in [0.25, 0.3) is 0 Å². The van der Waals surface area contributed by atoms with Gasteiger partial charge in [0.15, 0.2) is 0 Å². The molecule has 3 nitrogen and oxygen atoms in total. The second-order valence-electron chi connectivity index (χ2n) is 4.66. The van der Waals surface area contributed by atoms with Crippen LogP contribution in [0.4, 0.5) is 0 Å². The SMILES string of the molecule is C=C/C=C(C)\C=C(\C1CCCCC1)N(C)N=O. The smallest absolute Gasteiger partial charge is 0.0568 e. The number of hydrogen-bond acceptors (Lipinski definition) is 2. The minimum Gasteiger partial charge on any atom is -0.236 e. The first-order chi connectivity index (χ1) is 8.19. The summed E-state index contributed by atoms with van der Waals surface area (Å²) in [7, 11) is 1.73. The standard InChI is InChI=1S/C14H22N2O/c1-4-8-12(2)11-14(16(3)15-17)13-9-6-5-7-10-13/h4,8,11,13H,1,5-7,9-10H2,2-3H3/b12-8-,14-11-. The van der Waals surface area contributed by atoms with E-state index >= 15 is 0 Å². The van der Waals surface area contributed by atoms with Gasteiger partial charge in [0.1, 0.15) is 0 Å². The third-order valence-electron chi connectivity index (χ3n) is 3.28. The van der Waals surface area contributed by atoms with Crippen LogP contribution in [-0.2, 0) is 0 Å². The summed E-state index contributed by atoms with van der Waals surface area (Å²) in [5.41, 5.74) is 2.14. The molecule has 0 aromatic heterocycles. The molecule has 1 saturated carbocycles. The van der Waals surface area contributed by atoms with Gasteiger partial charge in [0.2, 0.25) is 0 Å². The second kappa shape index (κ2) is 7.05. The van der Waals surface area contributed by atoms with Gasteiger partial charge in [0.05, 0.1) is 5.29 Å². The molecule has 3 heteroatoms. The Hall–Kier alpha value is -1.38. The molecule has 0 spiro atoms. The van der Waals surface area contributed by atoms with Crippen LogP contribution in [0.3, 0.4) is 0 Å². The number of hydrogen-bond donors (Lipinski definition) is 0. The maximum absolute atomic E-state index is 10.7. The first-order valence-corrected chi connectivity index (χ1v) is 6.27. The molecule has 0 saturated heterocycles. The Kier molecular flexibility index (Phi) is 5.67. The Bertz CT molecular complexity index is 325. The van der Waals surface area contributed by atoms with E-state index in [9.17, 15) is 4.91 Å². The second-order valence-corrected chi connectivity index (χ2v) is 4.66. The lowest BCUT2D eigenvalue weighted by molar-refractivity contribution is 0.308. The Morgan fingerprint density at radius 2 is 2.00 bits per heavy atom. The number of allylic oxidation sites excluding steroid dienone is 5. The van der Waals surface area contributed by atoms with Crippen molar-refractivity contribution in [1.29, 1.82) is 0 Å². The van der Waals surface area contributed by atoms with E-state index in [1.165, 1.54) is 24.3 Å². The fraction of sp³-hybridized carbons (Fsp3) is 0.571. The zero-order chi connectivity index (χ0) is 12.7. The Labute approximate surface area is 104 Å². The molecule has 0 amide bonds. The van der Waals surface area contributed by atoms with Crippen molar-refractivity contribution in [2.45, 2.75) is 39.0 Å². The molecule has 0 unspecified atom stereocenters. The predicted octanol–water partition coefficient (Wildman–Crippen LogP) is 4.20. The summed E-state index contributed by atoms with van der Waals surface area (Å²) in [6.07, 6.45) is 11.9. The van der Waals surface area contributed by atoms with Crippen molar-refractivity contribution in [2.75, 3.05) is 7.05 Å². The van der Waals surface area contributed by atoms with E-state index in [0.717, 1.165) is 24.1 Å². The summed E-state index contributed by atoms with van der Waals surface area (Å²) in [6, 6.07) is 0. The number of rotatable bonds is 5. The molecule has 0 N–H and O–H groups in total. The van der Waals surface area contributed by atoms with Crippen molar-refractivity contribution < 1.29 is 0 Å². The quantitative estimate of drug-likeness (QED) is 0.406. The minimum atomic E-state index is 0.472. The van der Waals surface area contributed by atoms with Crippen molar-refractivity contribution in [1.82, 2.24) is 5.01 Å². The van der Waals surface area contributed by atoms with Crippen molar-refractivity contribution in [3.63, 3.8) is 0 Å². The van der Waals surface area contributed by atoms with Gasteiger partial charge in [-0.2, -0.15) is 0 Å². The highest BCUT2D eigenvalue weighted by Gasteiger charge is 2.21. The van der Waals surface area contributed by atoms with Gasteiger partial charge < -0.3 is 0 Å². The highest BCUT2D eigenvalue weighted by atomic mass is 16.3. The van der Waals surface area contributed by atoms with Gasteiger partial charge in [0.25, 0.3) is 0 Å². The molecule has 1 fully saturated rings. The van der Waals surface area contributed by atoms with Crippen LogP contribution in [0.2, 0.25) is 0 Å². The highest BCUT2D eigenvalue weighted by Crippen LogP contribution is 2.31. The van der Waals surface area contributed by atoms with Crippen LogP contribution in [0, 0.1) is 10.8 Å². The molecule has 1 aliphatic carbocycles. The Balaban J connectivity index is 2.89. The maximum atomic E-state index is 10.7. The number of nitrogens with zero attached hydrogens (tertiary/aromatic N) is 2. The Morgan fingerprint density at radius 3 is 2.53 bits per heavy atom. The third kappa shape index (κ3) is 4.17. The van der Waals surface area contributed by atoms with Crippen LogP contribution in [0.1, 0.15) is 39.0 Å². The molecule has 0 aliphatic heterocycles. The Morgan fingerprint density at radius 1 is 1.35 bits per heavy atom. The van der Waals surface area contributed by atoms with Gasteiger partial charge in [-0.25, -0.2) is 5.01 Å². The first-order valence-electron chi connectivity index (χ1n) is 6.27. The summed E-state index contributed by atoms with van der Waals surface area (Å²) in [4.78, 5) is 10.7. The molecule has 94 valence electrons. The van der Waals surface area contributed by atoms with E-state index in [4.69, 9.17) is 0 Å². The first kappa shape index (κ1) is 13.7. The van der Waals surface area contributed by atoms with Crippen molar-refractivity contribution in [3.8, 4) is 0 Å². The molecule has 1 rings (SSSR count). The molecule has 0 aromatic carbocycles. The predicted molar refractivity (Wildman–Crippen MR) is 72.2 cm³/mol. The zero-order valence-corrected chi connectivity index (χ0v) is 10.9. The third-order valence-corrected chi connectivity index (χ3v) is 3.28. The van der Waals surface area contributed by atoms with Gasteiger partial charge in [-0.3, -0.25) is 0 Å². The zero-order valence-electron chi connectivity index (χ0n) is 10.9. The fourth-order valence-electron chi connectivity index (χ4n) is 2.39. The van der Waals surface area contributed by atoms with Crippen LogP contribution >= 0.6 is 0 Å². The molecule has 0 atom stereocenters. The van der Waals surface area contributed by atoms with Gasteiger partial charge in [0, 0.05) is 18.7 Å². The molecule has 0 radical (unpaired) electrons. The van der Waals surface area contributed by atoms with Crippen molar-refractivity contribution in [2.24, 2.45) is 11.2 Å². The van der Waals surface area contributed by atoms with Crippen LogP contribution in [0.15, 0.2) is 41.4 Å².